The minimum atomic E-state index is -0.542. The number of aliphatic hydroxyl groups is 1. The number of rotatable bonds is 35. The summed E-state index contributed by atoms with van der Waals surface area (Å²) >= 11 is 0. The quantitative estimate of drug-likeness (QED) is 0.0436. The topological polar surface area (TPSA) is 55.8 Å². The minimum absolute atomic E-state index is 0.179. The van der Waals surface area contributed by atoms with Crippen molar-refractivity contribution in [3.05, 3.63) is 36.5 Å². The first-order valence-corrected chi connectivity index (χ1v) is 19.1. The molecule has 0 saturated carbocycles. The average Bonchev–Trinajstić information content (AvgIpc) is 3.03. The summed E-state index contributed by atoms with van der Waals surface area (Å²) in [5, 5.41) is 9.56. The summed E-state index contributed by atoms with van der Waals surface area (Å²) in [6.45, 7) is 5.29. The first-order chi connectivity index (χ1) is 21.7. The zero-order chi connectivity index (χ0) is 32.0. The molecule has 0 aliphatic carbocycles. The molecule has 0 aliphatic heterocycles. The average molecular weight is 619 g/mol. The molecule has 4 nitrogen and oxygen atoms in total. The van der Waals surface area contributed by atoms with Crippen molar-refractivity contribution < 1.29 is 19.4 Å². The van der Waals surface area contributed by atoms with Gasteiger partial charge in [0, 0.05) is 13.0 Å². The van der Waals surface area contributed by atoms with E-state index in [1.165, 1.54) is 128 Å². The Balaban J connectivity index is 3.47. The van der Waals surface area contributed by atoms with Crippen LogP contribution in [0.1, 0.15) is 187 Å². The highest BCUT2D eigenvalue weighted by atomic mass is 16.6. The highest BCUT2D eigenvalue weighted by molar-refractivity contribution is 5.69. The predicted octanol–water partition coefficient (Wildman–Crippen LogP) is 12.1. The van der Waals surface area contributed by atoms with E-state index in [4.69, 9.17) is 9.47 Å². The van der Waals surface area contributed by atoms with E-state index in [2.05, 4.69) is 50.3 Å². The van der Waals surface area contributed by atoms with Crippen molar-refractivity contribution in [2.24, 2.45) is 0 Å². The molecule has 0 fully saturated rings. The van der Waals surface area contributed by atoms with E-state index in [1.807, 2.05) is 0 Å². The first-order valence-electron chi connectivity index (χ1n) is 19.1. The fourth-order valence-electron chi connectivity index (χ4n) is 5.29. The number of aliphatic hydroxyl groups excluding tert-OH is 1. The largest absolute Gasteiger partial charge is 0.457 e. The van der Waals surface area contributed by atoms with Crippen molar-refractivity contribution in [1.82, 2.24) is 0 Å². The van der Waals surface area contributed by atoms with Gasteiger partial charge in [-0.3, -0.25) is 4.79 Å². The molecule has 44 heavy (non-hydrogen) atoms. The molecule has 0 aromatic rings. The molecule has 0 bridgehead atoms. The summed E-state index contributed by atoms with van der Waals surface area (Å²) in [5.74, 6) is -0.217. The van der Waals surface area contributed by atoms with Gasteiger partial charge in [0.1, 0.15) is 6.10 Å². The van der Waals surface area contributed by atoms with Crippen LogP contribution in [-0.2, 0) is 14.3 Å². The molecular formula is C40H74O4. The zero-order valence-electron chi connectivity index (χ0n) is 29.4. The van der Waals surface area contributed by atoms with Gasteiger partial charge in [-0.05, 0) is 70.6 Å². The highest BCUT2D eigenvalue weighted by Gasteiger charge is 2.13. The molecule has 0 heterocycles. The second-order valence-electron chi connectivity index (χ2n) is 12.6. The molecule has 0 rings (SSSR count). The van der Waals surface area contributed by atoms with Crippen LogP contribution in [0.2, 0.25) is 0 Å². The number of allylic oxidation sites excluding steroid dienone is 6. The molecule has 1 atom stereocenters. The van der Waals surface area contributed by atoms with Gasteiger partial charge in [0.25, 0.3) is 0 Å². The molecule has 0 saturated heterocycles. The van der Waals surface area contributed by atoms with Crippen LogP contribution < -0.4 is 0 Å². The van der Waals surface area contributed by atoms with E-state index in [1.54, 1.807) is 0 Å². The Kier molecular flexibility index (Phi) is 36.6. The Morgan fingerprint density at radius 2 is 0.955 bits per heavy atom. The van der Waals surface area contributed by atoms with Gasteiger partial charge in [-0.1, -0.05) is 147 Å². The predicted molar refractivity (Wildman–Crippen MR) is 191 cm³/mol. The number of esters is 1. The van der Waals surface area contributed by atoms with Crippen LogP contribution in [0.15, 0.2) is 36.5 Å². The van der Waals surface area contributed by atoms with Gasteiger partial charge in [0.05, 0.1) is 13.2 Å². The van der Waals surface area contributed by atoms with Gasteiger partial charge in [-0.15, -0.1) is 0 Å². The van der Waals surface area contributed by atoms with Crippen LogP contribution >= 0.6 is 0 Å². The normalized spacial score (nSPS) is 12.7. The molecular weight excluding hydrogens is 544 g/mol. The second kappa shape index (κ2) is 37.8. The molecule has 0 radical (unpaired) electrons. The van der Waals surface area contributed by atoms with Crippen molar-refractivity contribution in [3.8, 4) is 0 Å². The van der Waals surface area contributed by atoms with E-state index in [0.29, 0.717) is 13.0 Å². The van der Waals surface area contributed by atoms with Crippen LogP contribution in [0.25, 0.3) is 0 Å². The second-order valence-corrected chi connectivity index (χ2v) is 12.6. The van der Waals surface area contributed by atoms with Gasteiger partial charge in [-0.25, -0.2) is 0 Å². The van der Waals surface area contributed by atoms with Gasteiger partial charge in [0.2, 0.25) is 0 Å². The van der Waals surface area contributed by atoms with E-state index >= 15 is 0 Å². The Morgan fingerprint density at radius 1 is 0.545 bits per heavy atom. The summed E-state index contributed by atoms with van der Waals surface area (Å²) in [4.78, 5) is 12.1. The van der Waals surface area contributed by atoms with E-state index in [0.717, 1.165) is 38.5 Å². The monoisotopic (exact) mass is 619 g/mol. The molecule has 1 unspecified atom stereocenters. The standard InChI is InChI=1S/C40H74O4/c1-3-5-7-9-11-13-15-17-19-20-22-24-26-28-30-32-34-36-43-38-39(37-41)44-40(42)35-33-31-29-27-25-23-21-18-16-14-12-10-8-6-4-2/h12,14,18-21,39,41H,3-11,13,15-17,22-38H2,1-2H3/b14-12-,20-19-,21-18-. The summed E-state index contributed by atoms with van der Waals surface area (Å²) in [7, 11) is 0. The Bertz CT molecular complexity index is 654. The third-order valence-electron chi connectivity index (χ3n) is 8.19. The van der Waals surface area contributed by atoms with Gasteiger partial charge >= 0.3 is 5.97 Å². The van der Waals surface area contributed by atoms with Gasteiger partial charge < -0.3 is 14.6 Å². The van der Waals surface area contributed by atoms with Crippen molar-refractivity contribution in [1.29, 1.82) is 0 Å². The number of hydrogen-bond acceptors (Lipinski definition) is 4. The Labute approximate surface area is 274 Å². The summed E-state index contributed by atoms with van der Waals surface area (Å²) in [6.07, 6.45) is 46.1. The van der Waals surface area contributed by atoms with E-state index < -0.39 is 6.10 Å². The lowest BCUT2D eigenvalue weighted by molar-refractivity contribution is -0.154. The maximum atomic E-state index is 12.1. The molecule has 0 aromatic carbocycles. The lowest BCUT2D eigenvalue weighted by Crippen LogP contribution is -2.27. The molecule has 0 amide bonds. The van der Waals surface area contributed by atoms with E-state index in [9.17, 15) is 9.90 Å². The third kappa shape index (κ3) is 35.1. The van der Waals surface area contributed by atoms with Crippen LogP contribution in [0.5, 0.6) is 0 Å². The van der Waals surface area contributed by atoms with Crippen molar-refractivity contribution in [2.45, 2.75) is 193 Å². The summed E-state index contributed by atoms with van der Waals surface area (Å²) < 4.78 is 11.1. The maximum absolute atomic E-state index is 12.1. The van der Waals surface area contributed by atoms with E-state index in [-0.39, 0.29) is 19.2 Å². The van der Waals surface area contributed by atoms with Gasteiger partial charge in [-0.2, -0.15) is 0 Å². The van der Waals surface area contributed by atoms with Crippen LogP contribution in [-0.4, -0.2) is 37.0 Å². The minimum Gasteiger partial charge on any atom is -0.457 e. The highest BCUT2D eigenvalue weighted by Crippen LogP contribution is 2.12. The lowest BCUT2D eigenvalue weighted by Gasteiger charge is -2.15. The number of unbranched alkanes of at least 4 members (excludes halogenated alkanes) is 21. The Hall–Kier alpha value is -1.39. The number of ether oxygens (including phenoxy) is 2. The molecule has 0 spiro atoms. The number of carbonyl (C=O) groups excluding carboxylic acids is 1. The van der Waals surface area contributed by atoms with Crippen molar-refractivity contribution >= 4 is 5.97 Å². The fraction of sp³-hybridized carbons (Fsp3) is 0.825. The Morgan fingerprint density at radius 3 is 1.48 bits per heavy atom. The molecule has 258 valence electrons. The first kappa shape index (κ1) is 42.6. The van der Waals surface area contributed by atoms with Crippen LogP contribution in [0.3, 0.4) is 0 Å². The molecule has 0 aromatic heterocycles. The lowest BCUT2D eigenvalue weighted by atomic mass is 10.1. The third-order valence-corrected chi connectivity index (χ3v) is 8.19. The van der Waals surface area contributed by atoms with Gasteiger partial charge in [0.15, 0.2) is 0 Å². The summed E-state index contributed by atoms with van der Waals surface area (Å²) in [6, 6.07) is 0. The molecule has 4 heteroatoms. The van der Waals surface area contributed by atoms with Crippen LogP contribution in [0, 0.1) is 0 Å². The smallest absolute Gasteiger partial charge is 0.306 e. The fourth-order valence-corrected chi connectivity index (χ4v) is 5.29. The zero-order valence-corrected chi connectivity index (χ0v) is 29.4. The molecule has 0 aliphatic rings. The number of hydrogen-bond donors (Lipinski definition) is 1. The van der Waals surface area contributed by atoms with Crippen molar-refractivity contribution in [2.75, 3.05) is 19.8 Å². The number of carbonyl (C=O) groups is 1. The van der Waals surface area contributed by atoms with Crippen molar-refractivity contribution in [3.63, 3.8) is 0 Å². The molecule has 1 N–H and O–H groups in total. The SMILES string of the molecule is CCCCC/C=C\C/C=C\CCCCCCCC(=O)OC(CO)COCCCCCCCC/C=C\CCCCCCCCC. The maximum Gasteiger partial charge on any atom is 0.306 e. The summed E-state index contributed by atoms with van der Waals surface area (Å²) in [5.41, 5.74) is 0. The van der Waals surface area contributed by atoms with Crippen LogP contribution in [0.4, 0.5) is 0 Å².